The highest BCUT2D eigenvalue weighted by molar-refractivity contribution is 5.68. The van der Waals surface area contributed by atoms with E-state index in [1.54, 1.807) is 0 Å². The fourth-order valence-electron chi connectivity index (χ4n) is 1.85. The molecule has 0 radical (unpaired) electrons. The fraction of sp³-hybridized carbons (Fsp3) is 0.462. The second-order valence-corrected chi connectivity index (χ2v) is 4.36. The van der Waals surface area contributed by atoms with Crippen LogP contribution in [0.25, 0.3) is 0 Å². The molecule has 1 atom stereocenters. The van der Waals surface area contributed by atoms with Crippen molar-refractivity contribution in [2.45, 2.75) is 25.8 Å². The zero-order valence-corrected chi connectivity index (χ0v) is 10.3. The van der Waals surface area contributed by atoms with Crippen LogP contribution < -0.4 is 14.8 Å². The number of rotatable bonds is 4. The van der Waals surface area contributed by atoms with E-state index in [1.807, 2.05) is 25.1 Å². The molecule has 2 rings (SSSR count). The van der Waals surface area contributed by atoms with Crippen LogP contribution >= 0.6 is 0 Å². The van der Waals surface area contributed by atoms with Crippen LogP contribution in [0, 0.1) is 0 Å². The summed E-state index contributed by atoms with van der Waals surface area (Å²) in [4.78, 5) is 10.6. The van der Waals surface area contributed by atoms with Gasteiger partial charge in [-0.3, -0.25) is 4.79 Å². The quantitative estimate of drug-likeness (QED) is 0.858. The lowest BCUT2D eigenvalue weighted by molar-refractivity contribution is -0.137. The van der Waals surface area contributed by atoms with Crippen molar-refractivity contribution < 1.29 is 19.4 Å². The number of hydrogen-bond acceptors (Lipinski definition) is 4. The lowest BCUT2D eigenvalue weighted by Crippen LogP contribution is -2.19. The van der Waals surface area contributed by atoms with Crippen LogP contribution in [0.2, 0.25) is 0 Å². The number of carboxylic acids is 1. The number of carbonyl (C=O) groups is 1. The van der Waals surface area contributed by atoms with Crippen molar-refractivity contribution in [1.82, 2.24) is 0 Å². The highest BCUT2D eigenvalue weighted by Crippen LogP contribution is 2.32. The van der Waals surface area contributed by atoms with E-state index in [0.717, 1.165) is 17.9 Å². The average molecular weight is 251 g/mol. The molecule has 1 aliphatic heterocycles. The van der Waals surface area contributed by atoms with Gasteiger partial charge in [0.2, 0.25) is 0 Å². The summed E-state index contributed by atoms with van der Waals surface area (Å²) < 4.78 is 11.1. The molecule has 1 aromatic rings. The first-order chi connectivity index (χ1) is 8.65. The maximum absolute atomic E-state index is 10.6. The highest BCUT2D eigenvalue weighted by Gasteiger charge is 2.12. The van der Waals surface area contributed by atoms with Crippen LogP contribution in [0.5, 0.6) is 11.5 Å². The molecule has 1 aliphatic rings. The van der Waals surface area contributed by atoms with Crippen molar-refractivity contribution in [3.05, 3.63) is 18.2 Å². The third kappa shape index (κ3) is 3.29. The molecule has 1 heterocycles. The predicted octanol–water partition coefficient (Wildman–Crippen LogP) is 2.12. The highest BCUT2D eigenvalue weighted by atomic mass is 16.5. The number of hydrogen-bond donors (Lipinski definition) is 2. The summed E-state index contributed by atoms with van der Waals surface area (Å²) in [5.41, 5.74) is 0.841. The van der Waals surface area contributed by atoms with Crippen molar-refractivity contribution in [2.75, 3.05) is 18.5 Å². The topological polar surface area (TPSA) is 67.8 Å². The molecule has 1 unspecified atom stereocenters. The molecular weight excluding hydrogens is 234 g/mol. The van der Waals surface area contributed by atoms with Crippen LogP contribution in [0.15, 0.2) is 18.2 Å². The molecule has 5 nitrogen and oxygen atoms in total. The summed E-state index contributed by atoms with van der Waals surface area (Å²) >= 11 is 0. The van der Waals surface area contributed by atoms with E-state index in [2.05, 4.69) is 5.32 Å². The smallest absolute Gasteiger partial charge is 0.305 e. The molecular formula is C13H17NO4. The summed E-state index contributed by atoms with van der Waals surface area (Å²) in [5, 5.41) is 11.8. The van der Waals surface area contributed by atoms with Gasteiger partial charge in [-0.1, -0.05) is 0 Å². The Hall–Kier alpha value is -1.91. The molecule has 0 aromatic heterocycles. The Morgan fingerprint density at radius 1 is 1.39 bits per heavy atom. The monoisotopic (exact) mass is 251 g/mol. The van der Waals surface area contributed by atoms with E-state index in [-0.39, 0.29) is 12.5 Å². The third-order valence-electron chi connectivity index (χ3n) is 2.64. The second-order valence-electron chi connectivity index (χ2n) is 4.36. The van der Waals surface area contributed by atoms with Gasteiger partial charge in [-0.05, 0) is 19.1 Å². The molecule has 5 heteroatoms. The van der Waals surface area contributed by atoms with Crippen molar-refractivity contribution in [2.24, 2.45) is 0 Å². The lowest BCUT2D eigenvalue weighted by Gasteiger charge is -2.15. The van der Waals surface area contributed by atoms with Gasteiger partial charge in [0.25, 0.3) is 0 Å². The molecule has 18 heavy (non-hydrogen) atoms. The van der Waals surface area contributed by atoms with Crippen molar-refractivity contribution in [3.8, 4) is 11.5 Å². The lowest BCUT2D eigenvalue weighted by atomic mass is 10.2. The number of fused-ring (bicyclic) bond motifs is 1. The number of benzene rings is 1. The van der Waals surface area contributed by atoms with Gasteiger partial charge in [-0.15, -0.1) is 0 Å². The fourth-order valence-corrected chi connectivity index (χ4v) is 1.85. The summed E-state index contributed by atoms with van der Waals surface area (Å²) in [6.07, 6.45) is 0.946. The first kappa shape index (κ1) is 12.5. The molecule has 1 aromatic carbocycles. The van der Waals surface area contributed by atoms with Crippen LogP contribution in [-0.2, 0) is 4.79 Å². The van der Waals surface area contributed by atoms with Gasteiger partial charge in [0.05, 0.1) is 19.6 Å². The number of nitrogens with one attached hydrogen (secondary N) is 1. The van der Waals surface area contributed by atoms with Crippen LogP contribution in [0.1, 0.15) is 19.8 Å². The minimum Gasteiger partial charge on any atom is -0.490 e. The van der Waals surface area contributed by atoms with Gasteiger partial charge < -0.3 is 19.9 Å². The Bertz CT molecular complexity index is 433. The maximum Gasteiger partial charge on any atom is 0.305 e. The number of aliphatic carboxylic acids is 1. The molecule has 0 amide bonds. The zero-order valence-electron chi connectivity index (χ0n) is 10.3. The molecule has 0 saturated carbocycles. The number of ether oxygens (including phenoxy) is 2. The van der Waals surface area contributed by atoms with Crippen molar-refractivity contribution in [3.63, 3.8) is 0 Å². The Labute approximate surface area is 106 Å². The normalized spacial score (nSPS) is 15.6. The Morgan fingerprint density at radius 2 is 2.11 bits per heavy atom. The summed E-state index contributed by atoms with van der Waals surface area (Å²) in [7, 11) is 0. The van der Waals surface area contributed by atoms with Crippen molar-refractivity contribution >= 4 is 11.7 Å². The minimum atomic E-state index is -0.815. The van der Waals surface area contributed by atoms with Gasteiger partial charge in [0.15, 0.2) is 11.5 Å². The van der Waals surface area contributed by atoms with E-state index in [1.165, 1.54) is 0 Å². The van der Waals surface area contributed by atoms with Gasteiger partial charge in [0, 0.05) is 24.2 Å². The SMILES string of the molecule is CC(CC(=O)O)Nc1ccc2c(c1)OCCCO2. The van der Waals surface area contributed by atoms with Crippen LogP contribution in [-0.4, -0.2) is 30.3 Å². The third-order valence-corrected chi connectivity index (χ3v) is 2.64. The summed E-state index contributed by atoms with van der Waals surface area (Å²) in [6, 6.07) is 5.42. The number of carboxylic acid groups (broad SMARTS) is 1. The maximum atomic E-state index is 10.6. The molecule has 2 N–H and O–H groups in total. The molecule has 0 spiro atoms. The van der Waals surface area contributed by atoms with E-state index < -0.39 is 5.97 Å². The first-order valence-electron chi connectivity index (χ1n) is 6.03. The molecule has 0 saturated heterocycles. The van der Waals surface area contributed by atoms with Gasteiger partial charge in [0.1, 0.15) is 0 Å². The van der Waals surface area contributed by atoms with E-state index in [9.17, 15) is 4.79 Å². The standard InChI is InChI=1S/C13H17NO4/c1-9(7-13(15)16)14-10-3-4-11-12(8-10)18-6-2-5-17-11/h3-4,8-9,14H,2,5-7H2,1H3,(H,15,16). The van der Waals surface area contributed by atoms with Gasteiger partial charge in [-0.25, -0.2) is 0 Å². The predicted molar refractivity (Wildman–Crippen MR) is 67.4 cm³/mol. The molecule has 98 valence electrons. The summed E-state index contributed by atoms with van der Waals surface area (Å²) in [5.74, 6) is 0.633. The Balaban J connectivity index is 2.06. The van der Waals surface area contributed by atoms with Crippen LogP contribution in [0.3, 0.4) is 0 Å². The van der Waals surface area contributed by atoms with Crippen molar-refractivity contribution in [1.29, 1.82) is 0 Å². The van der Waals surface area contributed by atoms with Gasteiger partial charge >= 0.3 is 5.97 Å². The number of anilines is 1. The molecule has 0 bridgehead atoms. The zero-order chi connectivity index (χ0) is 13.0. The largest absolute Gasteiger partial charge is 0.490 e. The Kier molecular flexibility index (Phi) is 3.92. The van der Waals surface area contributed by atoms with Crippen LogP contribution in [0.4, 0.5) is 5.69 Å². The van der Waals surface area contributed by atoms with E-state index >= 15 is 0 Å². The van der Waals surface area contributed by atoms with E-state index in [0.29, 0.717) is 19.0 Å². The average Bonchev–Trinajstić information content (AvgIpc) is 2.52. The Morgan fingerprint density at radius 3 is 2.83 bits per heavy atom. The first-order valence-corrected chi connectivity index (χ1v) is 6.03. The van der Waals surface area contributed by atoms with E-state index in [4.69, 9.17) is 14.6 Å². The molecule has 0 fully saturated rings. The summed E-state index contributed by atoms with van der Waals surface area (Å²) in [6.45, 7) is 3.13. The van der Waals surface area contributed by atoms with Gasteiger partial charge in [-0.2, -0.15) is 0 Å². The second kappa shape index (κ2) is 5.62. The minimum absolute atomic E-state index is 0.0778. The molecule has 0 aliphatic carbocycles.